The summed E-state index contributed by atoms with van der Waals surface area (Å²) in [5, 5.41) is 10.9. The molecule has 2 aromatic rings. The average Bonchev–Trinajstić information content (AvgIpc) is 2.71. The molecule has 0 atom stereocenters. The van der Waals surface area contributed by atoms with Gasteiger partial charge in [-0.25, -0.2) is 0 Å². The van der Waals surface area contributed by atoms with Gasteiger partial charge in [0.2, 0.25) is 0 Å². The molecule has 0 amide bonds. The number of carbonyl (C=O) groups excluding carboxylic acids is 2. The number of halogens is 3. The van der Waals surface area contributed by atoms with Crippen LogP contribution in [-0.2, 0) is 26.9 Å². The summed E-state index contributed by atoms with van der Waals surface area (Å²) < 4.78 is 51.8. The van der Waals surface area contributed by atoms with Crippen LogP contribution in [0.25, 0.3) is 0 Å². The minimum absolute atomic E-state index is 0.0470. The number of Topliss-reactive ketones (excluding diaryl/α,β-unsaturated/α-hetero) is 2. The molecule has 0 saturated carbocycles. The first-order valence-electron chi connectivity index (χ1n) is 10.5. The van der Waals surface area contributed by atoms with Crippen LogP contribution in [0.15, 0.2) is 36.4 Å². The van der Waals surface area contributed by atoms with Crippen molar-refractivity contribution in [2.24, 2.45) is 0 Å². The number of hydrogen-bond donors (Lipinski definition) is 0. The Morgan fingerprint density at radius 1 is 1.03 bits per heavy atom. The zero-order chi connectivity index (χ0) is 25.6. The Labute approximate surface area is 194 Å². The van der Waals surface area contributed by atoms with E-state index in [9.17, 15) is 32.9 Å². The lowest BCUT2D eigenvalue weighted by Gasteiger charge is -2.43. The molecular formula is C24H24F3NO6. The standard InChI is InChI=1S/C24H24F3NO6/c1-6-13-7-9-15(33-18-10-8-14(28(31)32)11-17(18)24(25,26)27)12-16(13)19-20(29)22(2,3)34-23(4,5)21(19)30/h7-12,19H,6H2,1-5H3. The number of non-ortho nitro benzene ring substituents is 1. The molecule has 0 N–H and O–H groups in total. The Morgan fingerprint density at radius 2 is 1.62 bits per heavy atom. The van der Waals surface area contributed by atoms with Crippen molar-refractivity contribution in [3.63, 3.8) is 0 Å². The second-order valence-corrected chi connectivity index (χ2v) is 9.04. The fourth-order valence-electron chi connectivity index (χ4n) is 4.13. The maximum Gasteiger partial charge on any atom is 0.420 e. The van der Waals surface area contributed by atoms with Crippen LogP contribution in [0.4, 0.5) is 18.9 Å². The van der Waals surface area contributed by atoms with Crippen LogP contribution in [0.3, 0.4) is 0 Å². The molecule has 0 unspecified atom stereocenters. The van der Waals surface area contributed by atoms with E-state index in [2.05, 4.69) is 0 Å². The van der Waals surface area contributed by atoms with Gasteiger partial charge in [-0.15, -0.1) is 0 Å². The van der Waals surface area contributed by atoms with E-state index in [0.717, 1.165) is 12.1 Å². The van der Waals surface area contributed by atoms with E-state index in [0.29, 0.717) is 23.6 Å². The third-order valence-electron chi connectivity index (χ3n) is 5.74. The van der Waals surface area contributed by atoms with Crippen molar-refractivity contribution < 1.29 is 37.2 Å². The molecule has 10 heteroatoms. The van der Waals surface area contributed by atoms with E-state index >= 15 is 0 Å². The number of rotatable bonds is 5. The lowest BCUT2D eigenvalue weighted by molar-refractivity contribution is -0.385. The largest absolute Gasteiger partial charge is 0.457 e. The third-order valence-corrected chi connectivity index (χ3v) is 5.74. The van der Waals surface area contributed by atoms with Gasteiger partial charge in [-0.3, -0.25) is 19.7 Å². The predicted molar refractivity (Wildman–Crippen MR) is 116 cm³/mol. The molecule has 0 aromatic heterocycles. The summed E-state index contributed by atoms with van der Waals surface area (Å²) in [6, 6.07) is 6.55. The summed E-state index contributed by atoms with van der Waals surface area (Å²) in [5.74, 6) is -2.80. The minimum atomic E-state index is -4.91. The van der Waals surface area contributed by atoms with Gasteiger partial charge in [0.05, 0.1) is 4.92 Å². The Hall–Kier alpha value is -3.27. The summed E-state index contributed by atoms with van der Waals surface area (Å²) in [5.41, 5.74) is -3.58. The molecule has 1 aliphatic heterocycles. The van der Waals surface area contributed by atoms with Crippen LogP contribution in [0, 0.1) is 10.1 Å². The number of nitro benzene ring substituents is 1. The van der Waals surface area contributed by atoms with Gasteiger partial charge in [0.15, 0.2) is 11.6 Å². The lowest BCUT2D eigenvalue weighted by atomic mass is 9.73. The van der Waals surface area contributed by atoms with E-state index in [-0.39, 0.29) is 5.75 Å². The highest BCUT2D eigenvalue weighted by atomic mass is 19.4. The van der Waals surface area contributed by atoms with Gasteiger partial charge >= 0.3 is 6.18 Å². The van der Waals surface area contributed by atoms with Gasteiger partial charge in [0, 0.05) is 12.1 Å². The fraction of sp³-hybridized carbons (Fsp3) is 0.417. The predicted octanol–water partition coefficient (Wildman–Crippen LogP) is 5.78. The fourth-order valence-corrected chi connectivity index (χ4v) is 4.13. The molecule has 1 saturated heterocycles. The molecule has 0 spiro atoms. The average molecular weight is 479 g/mol. The highest BCUT2D eigenvalue weighted by Gasteiger charge is 2.53. The maximum atomic E-state index is 13.6. The van der Waals surface area contributed by atoms with Crippen LogP contribution < -0.4 is 4.74 Å². The Kier molecular flexibility index (Phi) is 6.34. The molecule has 2 aromatic carbocycles. The van der Waals surface area contributed by atoms with Crippen molar-refractivity contribution in [2.75, 3.05) is 0 Å². The second-order valence-electron chi connectivity index (χ2n) is 9.04. The van der Waals surface area contributed by atoms with E-state index in [1.807, 2.05) is 6.92 Å². The number of aryl methyl sites for hydroxylation is 1. The van der Waals surface area contributed by atoms with Crippen molar-refractivity contribution >= 4 is 17.3 Å². The van der Waals surface area contributed by atoms with Gasteiger partial charge in [-0.2, -0.15) is 13.2 Å². The van der Waals surface area contributed by atoms with Crippen molar-refractivity contribution in [2.45, 2.75) is 64.3 Å². The molecule has 1 heterocycles. The van der Waals surface area contributed by atoms with Gasteiger partial charge < -0.3 is 9.47 Å². The summed E-state index contributed by atoms with van der Waals surface area (Å²) >= 11 is 0. The summed E-state index contributed by atoms with van der Waals surface area (Å²) in [6.07, 6.45) is -4.45. The maximum absolute atomic E-state index is 13.6. The topological polar surface area (TPSA) is 95.7 Å². The molecule has 0 radical (unpaired) electrons. The Balaban J connectivity index is 2.11. The van der Waals surface area contributed by atoms with E-state index in [1.54, 1.807) is 33.8 Å². The van der Waals surface area contributed by atoms with Crippen LogP contribution in [0.2, 0.25) is 0 Å². The first-order valence-corrected chi connectivity index (χ1v) is 10.5. The summed E-state index contributed by atoms with van der Waals surface area (Å²) in [7, 11) is 0. The number of benzene rings is 2. The zero-order valence-electron chi connectivity index (χ0n) is 19.3. The first-order chi connectivity index (χ1) is 15.6. The Morgan fingerprint density at radius 3 is 2.12 bits per heavy atom. The van der Waals surface area contributed by atoms with Crippen LogP contribution in [0.5, 0.6) is 11.5 Å². The molecular weight excluding hydrogens is 455 g/mol. The van der Waals surface area contributed by atoms with E-state index in [4.69, 9.17) is 9.47 Å². The molecule has 34 heavy (non-hydrogen) atoms. The van der Waals surface area contributed by atoms with Crippen molar-refractivity contribution in [1.82, 2.24) is 0 Å². The van der Waals surface area contributed by atoms with Gasteiger partial charge in [0.25, 0.3) is 5.69 Å². The number of ketones is 2. The number of alkyl halides is 3. The highest BCUT2D eigenvalue weighted by Crippen LogP contribution is 2.43. The van der Waals surface area contributed by atoms with Crippen LogP contribution >= 0.6 is 0 Å². The van der Waals surface area contributed by atoms with Crippen molar-refractivity contribution in [3.05, 3.63) is 63.2 Å². The van der Waals surface area contributed by atoms with Gasteiger partial charge in [-0.05, 0) is 63.4 Å². The number of nitro groups is 1. The zero-order valence-corrected chi connectivity index (χ0v) is 19.3. The molecule has 182 valence electrons. The van der Waals surface area contributed by atoms with Gasteiger partial charge in [-0.1, -0.05) is 13.0 Å². The Bertz CT molecular complexity index is 1140. The minimum Gasteiger partial charge on any atom is -0.457 e. The monoisotopic (exact) mass is 479 g/mol. The SMILES string of the molecule is CCc1ccc(Oc2ccc([N+](=O)[O-])cc2C(F)(F)F)cc1C1C(=O)C(C)(C)OC(C)(C)C1=O. The van der Waals surface area contributed by atoms with E-state index in [1.165, 1.54) is 12.1 Å². The quantitative estimate of drug-likeness (QED) is 0.307. The smallest absolute Gasteiger partial charge is 0.420 e. The van der Waals surface area contributed by atoms with Gasteiger partial charge in [0.1, 0.15) is 34.2 Å². The summed E-state index contributed by atoms with van der Waals surface area (Å²) in [4.78, 5) is 36.3. The van der Waals surface area contributed by atoms with Crippen molar-refractivity contribution in [1.29, 1.82) is 0 Å². The van der Waals surface area contributed by atoms with Crippen LogP contribution in [0.1, 0.15) is 57.2 Å². The molecule has 3 rings (SSSR count). The normalized spacial score (nSPS) is 18.1. The molecule has 1 fully saturated rings. The number of ether oxygens (including phenoxy) is 2. The van der Waals surface area contributed by atoms with Crippen molar-refractivity contribution in [3.8, 4) is 11.5 Å². The number of hydrogen-bond acceptors (Lipinski definition) is 6. The molecule has 0 aliphatic carbocycles. The van der Waals surface area contributed by atoms with Crippen LogP contribution in [-0.4, -0.2) is 27.7 Å². The molecule has 0 bridgehead atoms. The first kappa shape index (κ1) is 25.4. The van der Waals surface area contributed by atoms with E-state index < -0.39 is 56.8 Å². The molecule has 1 aliphatic rings. The third kappa shape index (κ3) is 4.68. The lowest BCUT2D eigenvalue weighted by Crippen LogP contribution is -2.58. The second kappa shape index (κ2) is 8.50. The highest BCUT2D eigenvalue weighted by molar-refractivity contribution is 6.15. The number of carbonyl (C=O) groups is 2. The summed E-state index contributed by atoms with van der Waals surface area (Å²) in [6.45, 7) is 8.08. The number of nitrogens with zero attached hydrogens (tertiary/aromatic N) is 1. The molecule has 7 nitrogen and oxygen atoms in total.